The van der Waals surface area contributed by atoms with E-state index in [0.717, 1.165) is 27.7 Å². The maximum absolute atomic E-state index is 6.14. The monoisotopic (exact) mass is 319 g/mol. The van der Waals surface area contributed by atoms with E-state index in [0.29, 0.717) is 10.0 Å². The quantitative estimate of drug-likeness (QED) is 0.675. The van der Waals surface area contributed by atoms with Gasteiger partial charge in [-0.1, -0.05) is 47.5 Å². The van der Waals surface area contributed by atoms with Gasteiger partial charge >= 0.3 is 0 Å². The van der Waals surface area contributed by atoms with Crippen molar-refractivity contribution in [2.24, 2.45) is 0 Å². The molecule has 108 valence electrons. The highest BCUT2D eigenvalue weighted by atomic mass is 35.5. The van der Waals surface area contributed by atoms with Crippen LogP contribution in [-0.2, 0) is 4.74 Å². The minimum atomic E-state index is -0.184. The number of H-pyrrole nitrogens is 1. The van der Waals surface area contributed by atoms with Crippen LogP contribution in [0.4, 0.5) is 0 Å². The van der Waals surface area contributed by atoms with Crippen molar-refractivity contribution >= 4 is 34.1 Å². The molecule has 4 heteroatoms. The van der Waals surface area contributed by atoms with E-state index in [9.17, 15) is 0 Å². The molecule has 0 amide bonds. The van der Waals surface area contributed by atoms with Crippen LogP contribution in [0.25, 0.3) is 10.9 Å². The molecule has 1 unspecified atom stereocenters. The van der Waals surface area contributed by atoms with Gasteiger partial charge in [0.15, 0.2) is 0 Å². The Morgan fingerprint density at radius 2 is 1.81 bits per heavy atom. The third kappa shape index (κ3) is 2.55. The van der Waals surface area contributed by atoms with Crippen molar-refractivity contribution in [3.63, 3.8) is 0 Å². The van der Waals surface area contributed by atoms with Gasteiger partial charge in [-0.2, -0.15) is 0 Å². The number of rotatable bonds is 3. The van der Waals surface area contributed by atoms with E-state index in [-0.39, 0.29) is 6.10 Å². The fraction of sp³-hybridized carbons (Fsp3) is 0.176. The van der Waals surface area contributed by atoms with E-state index in [1.165, 1.54) is 0 Å². The Morgan fingerprint density at radius 1 is 1.05 bits per heavy atom. The van der Waals surface area contributed by atoms with Gasteiger partial charge in [-0.3, -0.25) is 0 Å². The number of ether oxygens (including phenoxy) is 1. The van der Waals surface area contributed by atoms with E-state index < -0.39 is 0 Å². The maximum Gasteiger partial charge on any atom is 0.110 e. The summed E-state index contributed by atoms with van der Waals surface area (Å²) in [4.78, 5) is 3.40. The molecule has 0 fully saturated rings. The van der Waals surface area contributed by atoms with Gasteiger partial charge in [0.25, 0.3) is 0 Å². The van der Waals surface area contributed by atoms with Crippen molar-refractivity contribution in [1.82, 2.24) is 4.98 Å². The van der Waals surface area contributed by atoms with Crippen LogP contribution in [-0.4, -0.2) is 12.1 Å². The van der Waals surface area contributed by atoms with E-state index in [4.69, 9.17) is 27.9 Å². The molecule has 0 bridgehead atoms. The second-order valence-electron chi connectivity index (χ2n) is 5.00. The van der Waals surface area contributed by atoms with Gasteiger partial charge < -0.3 is 9.72 Å². The lowest BCUT2D eigenvalue weighted by Crippen LogP contribution is -2.04. The molecule has 0 aliphatic rings. The van der Waals surface area contributed by atoms with Gasteiger partial charge in [0, 0.05) is 29.3 Å². The summed E-state index contributed by atoms with van der Waals surface area (Å²) in [5.74, 6) is 0. The molecule has 1 atom stereocenters. The lowest BCUT2D eigenvalue weighted by atomic mass is 9.98. The van der Waals surface area contributed by atoms with Gasteiger partial charge in [0.05, 0.1) is 10.0 Å². The van der Waals surface area contributed by atoms with Crippen molar-refractivity contribution < 1.29 is 4.74 Å². The fourth-order valence-electron chi connectivity index (χ4n) is 2.73. The molecule has 0 radical (unpaired) electrons. The number of benzene rings is 2. The first-order valence-electron chi connectivity index (χ1n) is 6.66. The Hall–Kier alpha value is -1.48. The first-order valence-corrected chi connectivity index (χ1v) is 7.42. The minimum absolute atomic E-state index is 0.184. The molecule has 0 aliphatic heterocycles. The fourth-order valence-corrected chi connectivity index (χ4v) is 3.04. The predicted octanol–water partition coefficient (Wildman–Crippen LogP) is 5.52. The zero-order valence-electron chi connectivity index (χ0n) is 11.8. The molecule has 0 aliphatic carbocycles. The van der Waals surface area contributed by atoms with E-state index in [2.05, 4.69) is 24.0 Å². The third-order valence-electron chi connectivity index (χ3n) is 3.69. The lowest BCUT2D eigenvalue weighted by molar-refractivity contribution is 0.137. The zero-order chi connectivity index (χ0) is 15.0. The largest absolute Gasteiger partial charge is 0.372 e. The van der Waals surface area contributed by atoms with Gasteiger partial charge in [0.2, 0.25) is 0 Å². The highest BCUT2D eigenvalue weighted by Crippen LogP contribution is 2.36. The van der Waals surface area contributed by atoms with Gasteiger partial charge in [-0.05, 0) is 30.7 Å². The van der Waals surface area contributed by atoms with Crippen LogP contribution in [0.2, 0.25) is 10.0 Å². The summed E-state index contributed by atoms with van der Waals surface area (Å²) in [5, 5.41) is 2.24. The zero-order valence-corrected chi connectivity index (χ0v) is 13.3. The number of fused-ring (bicyclic) bond motifs is 1. The maximum atomic E-state index is 6.14. The van der Waals surface area contributed by atoms with E-state index >= 15 is 0 Å². The highest BCUT2D eigenvalue weighted by Gasteiger charge is 2.21. The average molecular weight is 320 g/mol. The van der Waals surface area contributed by atoms with Crippen molar-refractivity contribution in [1.29, 1.82) is 0 Å². The van der Waals surface area contributed by atoms with Crippen LogP contribution in [0.5, 0.6) is 0 Å². The van der Waals surface area contributed by atoms with Crippen molar-refractivity contribution in [3.05, 3.63) is 69.3 Å². The minimum Gasteiger partial charge on any atom is -0.372 e. The summed E-state index contributed by atoms with van der Waals surface area (Å²) in [5.41, 5.74) is 4.31. The van der Waals surface area contributed by atoms with Crippen molar-refractivity contribution in [2.45, 2.75) is 13.0 Å². The predicted molar refractivity (Wildman–Crippen MR) is 88.3 cm³/mol. The topological polar surface area (TPSA) is 25.0 Å². The highest BCUT2D eigenvalue weighted by molar-refractivity contribution is 6.42. The molecule has 0 spiro atoms. The third-order valence-corrected chi connectivity index (χ3v) is 4.43. The number of nitrogens with one attached hydrogen (secondary N) is 1. The molecule has 2 nitrogen and oxygen atoms in total. The molecule has 21 heavy (non-hydrogen) atoms. The second-order valence-corrected chi connectivity index (χ2v) is 5.81. The smallest absolute Gasteiger partial charge is 0.110 e. The Labute approximate surface area is 133 Å². The van der Waals surface area contributed by atoms with Crippen molar-refractivity contribution in [3.8, 4) is 0 Å². The van der Waals surface area contributed by atoms with E-state index in [1.807, 2.05) is 24.3 Å². The first-order chi connectivity index (χ1) is 10.1. The summed E-state index contributed by atoms with van der Waals surface area (Å²) in [6.45, 7) is 2.05. The van der Waals surface area contributed by atoms with Crippen LogP contribution in [0.1, 0.15) is 22.9 Å². The van der Waals surface area contributed by atoms with Gasteiger partial charge in [-0.25, -0.2) is 0 Å². The molecule has 3 rings (SSSR count). The number of para-hydroxylation sites is 1. The van der Waals surface area contributed by atoms with Gasteiger partial charge in [-0.15, -0.1) is 0 Å². The van der Waals surface area contributed by atoms with E-state index in [1.54, 1.807) is 13.2 Å². The molecule has 1 heterocycles. The Kier molecular flexibility index (Phi) is 3.94. The van der Waals surface area contributed by atoms with Crippen LogP contribution >= 0.6 is 23.2 Å². The SMILES string of the molecule is COC(c1ccc(Cl)c(Cl)c1)c1c(C)[nH]c2ccccc12. The molecule has 1 N–H and O–H groups in total. The summed E-state index contributed by atoms with van der Waals surface area (Å²) < 4.78 is 5.74. The number of methoxy groups -OCH3 is 1. The summed E-state index contributed by atoms with van der Waals surface area (Å²) >= 11 is 12.1. The number of aromatic nitrogens is 1. The van der Waals surface area contributed by atoms with Crippen LogP contribution in [0.3, 0.4) is 0 Å². The Balaban J connectivity index is 2.18. The average Bonchev–Trinajstić information content (AvgIpc) is 2.80. The van der Waals surface area contributed by atoms with Gasteiger partial charge in [0.1, 0.15) is 6.10 Å². The number of halogens is 2. The molecule has 3 aromatic rings. The molecular weight excluding hydrogens is 305 g/mol. The normalized spacial score (nSPS) is 12.8. The number of hydrogen-bond acceptors (Lipinski definition) is 1. The second kappa shape index (κ2) is 5.72. The van der Waals surface area contributed by atoms with Crippen LogP contribution in [0, 0.1) is 6.92 Å². The summed E-state index contributed by atoms with van der Waals surface area (Å²) in [6, 6.07) is 13.8. The molecular formula is C17H15Cl2NO. The van der Waals surface area contributed by atoms with Crippen LogP contribution in [0.15, 0.2) is 42.5 Å². The Morgan fingerprint density at radius 3 is 2.52 bits per heavy atom. The lowest BCUT2D eigenvalue weighted by Gasteiger charge is -2.17. The summed E-state index contributed by atoms with van der Waals surface area (Å²) in [7, 11) is 1.70. The molecule has 0 saturated carbocycles. The standard InChI is InChI=1S/C17H15Cl2NO/c1-10-16(12-5-3-4-6-15(12)20-10)17(21-2)11-7-8-13(18)14(19)9-11/h3-9,17,20H,1-2H3. The number of aryl methyl sites for hydroxylation is 1. The molecule has 2 aromatic carbocycles. The first kappa shape index (κ1) is 14.5. The molecule has 1 aromatic heterocycles. The van der Waals surface area contributed by atoms with Crippen molar-refractivity contribution in [2.75, 3.05) is 7.11 Å². The summed E-state index contributed by atoms with van der Waals surface area (Å²) in [6.07, 6.45) is -0.184. The Bertz CT molecular complexity index is 795. The molecule has 0 saturated heterocycles. The number of aromatic amines is 1. The number of hydrogen-bond donors (Lipinski definition) is 1. The van der Waals surface area contributed by atoms with Crippen LogP contribution < -0.4 is 0 Å².